The van der Waals surface area contributed by atoms with E-state index in [4.69, 9.17) is 5.11 Å². The Morgan fingerprint density at radius 3 is 2.47 bits per heavy atom. The van der Waals surface area contributed by atoms with Crippen LogP contribution in [-0.2, 0) is 0 Å². The van der Waals surface area contributed by atoms with Gasteiger partial charge in [-0.1, -0.05) is 0 Å². The average molecular weight is 234 g/mol. The Kier molecular flexibility index (Phi) is 3.64. The quantitative estimate of drug-likeness (QED) is 0.842. The third-order valence-corrected chi connectivity index (χ3v) is 3.20. The smallest absolute Gasteiger partial charge is 0.335 e. The molecule has 4 nitrogen and oxygen atoms in total. The number of aromatic carboxylic acids is 1. The molecule has 1 N–H and O–H groups in total. The van der Waals surface area contributed by atoms with E-state index in [1.807, 2.05) is 12.1 Å². The van der Waals surface area contributed by atoms with Gasteiger partial charge in [0.15, 0.2) is 0 Å². The summed E-state index contributed by atoms with van der Waals surface area (Å²) in [5.41, 5.74) is 1.46. The molecule has 2 rings (SSSR count). The molecule has 0 bridgehead atoms. The molecule has 0 aliphatic carbocycles. The number of carbonyl (C=O) groups is 1. The Morgan fingerprint density at radius 2 is 1.82 bits per heavy atom. The number of benzene rings is 1. The molecule has 0 spiro atoms. The van der Waals surface area contributed by atoms with Gasteiger partial charge in [-0.15, -0.1) is 0 Å². The lowest BCUT2D eigenvalue weighted by Gasteiger charge is -2.22. The lowest BCUT2D eigenvalue weighted by molar-refractivity contribution is 0.0697. The zero-order chi connectivity index (χ0) is 12.3. The van der Waals surface area contributed by atoms with Gasteiger partial charge in [-0.25, -0.2) is 4.79 Å². The van der Waals surface area contributed by atoms with Crippen LogP contribution < -0.4 is 4.90 Å². The molecule has 1 aliphatic heterocycles. The number of likely N-dealkylation sites (N-methyl/N-ethyl adjacent to an activating group) is 1. The summed E-state index contributed by atoms with van der Waals surface area (Å²) in [5, 5.41) is 8.85. The third kappa shape index (κ3) is 2.97. The molecule has 0 radical (unpaired) electrons. The number of nitrogens with zero attached hydrogens (tertiary/aromatic N) is 2. The molecule has 1 aromatic rings. The van der Waals surface area contributed by atoms with E-state index in [1.54, 1.807) is 12.1 Å². The molecule has 0 saturated carbocycles. The average Bonchev–Trinajstić information content (AvgIpc) is 2.54. The second-order valence-electron chi connectivity index (χ2n) is 4.50. The summed E-state index contributed by atoms with van der Waals surface area (Å²) in [6.07, 6.45) is 1.15. The fraction of sp³-hybridized carbons (Fsp3) is 0.462. The summed E-state index contributed by atoms with van der Waals surface area (Å²) >= 11 is 0. The Hall–Kier alpha value is -1.55. The van der Waals surface area contributed by atoms with Crippen LogP contribution >= 0.6 is 0 Å². The van der Waals surface area contributed by atoms with Crippen LogP contribution in [0.1, 0.15) is 16.8 Å². The van der Waals surface area contributed by atoms with E-state index >= 15 is 0 Å². The van der Waals surface area contributed by atoms with Gasteiger partial charge in [0.1, 0.15) is 0 Å². The van der Waals surface area contributed by atoms with Crippen LogP contribution in [0.4, 0.5) is 5.69 Å². The Bertz CT molecular complexity index is 389. The van der Waals surface area contributed by atoms with Gasteiger partial charge in [0.25, 0.3) is 0 Å². The predicted molar refractivity (Wildman–Crippen MR) is 67.7 cm³/mol. The van der Waals surface area contributed by atoms with Gasteiger partial charge in [0.05, 0.1) is 5.56 Å². The lowest BCUT2D eigenvalue weighted by Crippen LogP contribution is -2.28. The van der Waals surface area contributed by atoms with Crippen LogP contribution in [0.25, 0.3) is 0 Å². The van der Waals surface area contributed by atoms with Crippen molar-refractivity contribution in [1.29, 1.82) is 0 Å². The van der Waals surface area contributed by atoms with Crippen molar-refractivity contribution in [3.63, 3.8) is 0 Å². The molecule has 17 heavy (non-hydrogen) atoms. The van der Waals surface area contributed by atoms with E-state index in [1.165, 1.54) is 0 Å². The first-order valence-electron chi connectivity index (χ1n) is 5.93. The summed E-state index contributed by atoms with van der Waals surface area (Å²) in [6, 6.07) is 7.14. The number of carboxylic acid groups (broad SMARTS) is 1. The normalized spacial score (nSPS) is 17.8. The summed E-state index contributed by atoms with van der Waals surface area (Å²) < 4.78 is 0. The number of hydrogen-bond acceptors (Lipinski definition) is 3. The molecule has 1 saturated heterocycles. The second kappa shape index (κ2) is 5.19. The van der Waals surface area contributed by atoms with Gasteiger partial charge in [-0.05, 0) is 44.3 Å². The third-order valence-electron chi connectivity index (χ3n) is 3.20. The Labute approximate surface area is 101 Å². The molecule has 1 aliphatic rings. The maximum absolute atomic E-state index is 10.8. The second-order valence-corrected chi connectivity index (χ2v) is 4.50. The lowest BCUT2D eigenvalue weighted by atomic mass is 10.2. The van der Waals surface area contributed by atoms with Crippen molar-refractivity contribution in [3.05, 3.63) is 29.8 Å². The van der Waals surface area contributed by atoms with Crippen molar-refractivity contribution in [2.24, 2.45) is 0 Å². The molecule has 1 aromatic carbocycles. The monoisotopic (exact) mass is 234 g/mol. The zero-order valence-electron chi connectivity index (χ0n) is 10.1. The SMILES string of the molecule is CN1CCCN(c2ccc(C(=O)O)cc2)CC1. The fourth-order valence-corrected chi connectivity index (χ4v) is 2.12. The van der Waals surface area contributed by atoms with Gasteiger partial charge in [-0.3, -0.25) is 0 Å². The van der Waals surface area contributed by atoms with Crippen LogP contribution in [0.15, 0.2) is 24.3 Å². The van der Waals surface area contributed by atoms with Crippen LogP contribution in [-0.4, -0.2) is 49.2 Å². The Morgan fingerprint density at radius 1 is 1.12 bits per heavy atom. The van der Waals surface area contributed by atoms with Crippen molar-refractivity contribution in [3.8, 4) is 0 Å². The van der Waals surface area contributed by atoms with Gasteiger partial charge in [-0.2, -0.15) is 0 Å². The summed E-state index contributed by atoms with van der Waals surface area (Å²) in [7, 11) is 2.14. The molecule has 0 unspecified atom stereocenters. The number of carboxylic acids is 1. The highest BCUT2D eigenvalue weighted by atomic mass is 16.4. The molecular weight excluding hydrogens is 216 g/mol. The molecule has 0 atom stereocenters. The van der Waals surface area contributed by atoms with Crippen molar-refractivity contribution in [2.75, 3.05) is 38.1 Å². The van der Waals surface area contributed by atoms with Gasteiger partial charge in [0.2, 0.25) is 0 Å². The van der Waals surface area contributed by atoms with Gasteiger partial charge >= 0.3 is 5.97 Å². The fourth-order valence-electron chi connectivity index (χ4n) is 2.12. The number of rotatable bonds is 2. The van der Waals surface area contributed by atoms with Crippen molar-refractivity contribution in [1.82, 2.24) is 4.90 Å². The zero-order valence-corrected chi connectivity index (χ0v) is 10.1. The van der Waals surface area contributed by atoms with E-state index < -0.39 is 5.97 Å². The molecule has 0 amide bonds. The van der Waals surface area contributed by atoms with Crippen LogP contribution in [0.2, 0.25) is 0 Å². The standard InChI is InChI=1S/C13H18N2O2/c1-14-7-2-8-15(10-9-14)12-5-3-11(4-6-12)13(16)17/h3-6H,2,7-10H2,1H3,(H,16,17). The molecule has 92 valence electrons. The topological polar surface area (TPSA) is 43.8 Å². The maximum atomic E-state index is 10.8. The molecule has 1 heterocycles. The summed E-state index contributed by atoms with van der Waals surface area (Å²) in [6.45, 7) is 4.23. The van der Waals surface area contributed by atoms with Crippen LogP contribution in [0.5, 0.6) is 0 Å². The van der Waals surface area contributed by atoms with Crippen molar-refractivity contribution in [2.45, 2.75) is 6.42 Å². The first-order chi connectivity index (χ1) is 8.16. The van der Waals surface area contributed by atoms with Crippen LogP contribution in [0.3, 0.4) is 0 Å². The van der Waals surface area contributed by atoms with E-state index in [2.05, 4.69) is 16.8 Å². The Balaban J connectivity index is 2.08. The highest BCUT2D eigenvalue weighted by Crippen LogP contribution is 2.17. The van der Waals surface area contributed by atoms with E-state index in [-0.39, 0.29) is 0 Å². The largest absolute Gasteiger partial charge is 0.478 e. The number of hydrogen-bond donors (Lipinski definition) is 1. The van der Waals surface area contributed by atoms with Crippen LogP contribution in [0, 0.1) is 0 Å². The van der Waals surface area contributed by atoms with Gasteiger partial charge < -0.3 is 14.9 Å². The number of anilines is 1. The van der Waals surface area contributed by atoms with Crippen molar-refractivity contribution >= 4 is 11.7 Å². The summed E-state index contributed by atoms with van der Waals surface area (Å²) in [5.74, 6) is -0.868. The first kappa shape index (κ1) is 11.9. The van der Waals surface area contributed by atoms with E-state index in [0.717, 1.165) is 38.3 Å². The van der Waals surface area contributed by atoms with E-state index in [0.29, 0.717) is 5.56 Å². The molecule has 0 aromatic heterocycles. The molecule has 1 fully saturated rings. The highest BCUT2D eigenvalue weighted by Gasteiger charge is 2.12. The predicted octanol–water partition coefficient (Wildman–Crippen LogP) is 1.53. The highest BCUT2D eigenvalue weighted by molar-refractivity contribution is 5.88. The first-order valence-corrected chi connectivity index (χ1v) is 5.93. The maximum Gasteiger partial charge on any atom is 0.335 e. The minimum Gasteiger partial charge on any atom is -0.478 e. The summed E-state index contributed by atoms with van der Waals surface area (Å²) in [4.78, 5) is 15.4. The van der Waals surface area contributed by atoms with Crippen molar-refractivity contribution < 1.29 is 9.90 Å². The van der Waals surface area contributed by atoms with E-state index in [9.17, 15) is 4.79 Å². The molecular formula is C13H18N2O2. The minimum atomic E-state index is -0.868. The van der Waals surface area contributed by atoms with Gasteiger partial charge in [0, 0.05) is 25.3 Å². The molecule has 4 heteroatoms. The minimum absolute atomic E-state index is 0.348.